The second-order valence-corrected chi connectivity index (χ2v) is 5.11. The average Bonchev–Trinajstić information content (AvgIpc) is 2.70. The predicted molar refractivity (Wildman–Crippen MR) is 77.5 cm³/mol. The molecule has 3 rings (SSSR count). The van der Waals surface area contributed by atoms with Crippen LogP contribution in [0, 0.1) is 6.92 Å². The molecule has 1 aromatic heterocycles. The van der Waals surface area contributed by atoms with Gasteiger partial charge in [0.05, 0.1) is 26.9 Å². The van der Waals surface area contributed by atoms with Crippen LogP contribution in [-0.4, -0.2) is 14.9 Å². The van der Waals surface area contributed by atoms with E-state index in [1.54, 1.807) is 28.9 Å². The maximum absolute atomic E-state index is 9.62. The number of benzene rings is 2. The summed E-state index contributed by atoms with van der Waals surface area (Å²) in [5.74, 6) is 0.203. The van der Waals surface area contributed by atoms with Crippen molar-refractivity contribution in [2.75, 3.05) is 0 Å². The van der Waals surface area contributed by atoms with Crippen LogP contribution in [0.5, 0.6) is 5.75 Å². The zero-order valence-corrected chi connectivity index (χ0v) is 11.6. The van der Waals surface area contributed by atoms with E-state index < -0.39 is 0 Å². The molecule has 0 spiro atoms. The second kappa shape index (κ2) is 4.44. The minimum Gasteiger partial charge on any atom is -0.508 e. The summed E-state index contributed by atoms with van der Waals surface area (Å²) >= 11 is 11.9. The van der Waals surface area contributed by atoms with Crippen LogP contribution in [0.2, 0.25) is 10.0 Å². The van der Waals surface area contributed by atoms with E-state index >= 15 is 0 Å². The van der Waals surface area contributed by atoms with Gasteiger partial charge < -0.3 is 5.11 Å². The van der Waals surface area contributed by atoms with Crippen molar-refractivity contribution in [2.24, 2.45) is 0 Å². The van der Waals surface area contributed by atoms with Crippen LogP contribution in [0.1, 0.15) is 5.69 Å². The predicted octanol–water partition coefficient (Wildman–Crippen LogP) is 4.35. The molecule has 0 saturated carbocycles. The lowest BCUT2D eigenvalue weighted by Crippen LogP contribution is -1.96. The van der Waals surface area contributed by atoms with Gasteiger partial charge in [-0.05, 0) is 37.3 Å². The third-order valence-electron chi connectivity index (χ3n) is 3.00. The molecule has 19 heavy (non-hydrogen) atoms. The van der Waals surface area contributed by atoms with Gasteiger partial charge in [-0.15, -0.1) is 0 Å². The monoisotopic (exact) mass is 292 g/mol. The zero-order chi connectivity index (χ0) is 13.6. The highest BCUT2D eigenvalue weighted by Crippen LogP contribution is 2.28. The Morgan fingerprint density at radius 2 is 1.84 bits per heavy atom. The van der Waals surface area contributed by atoms with Gasteiger partial charge in [0.25, 0.3) is 0 Å². The standard InChI is InChI=1S/C14H10Cl2N2O/c1-8-11-4-3-10(19)7-14(11)18(17-8)9-2-5-12(15)13(16)6-9/h2-7,19H,1H3. The van der Waals surface area contributed by atoms with Gasteiger partial charge in [0.15, 0.2) is 0 Å². The Labute approximate surface area is 120 Å². The normalized spacial score (nSPS) is 11.1. The molecule has 96 valence electrons. The molecule has 0 aliphatic heterocycles. The van der Waals surface area contributed by atoms with Crippen LogP contribution in [-0.2, 0) is 0 Å². The highest BCUT2D eigenvalue weighted by atomic mass is 35.5. The van der Waals surface area contributed by atoms with Crippen molar-refractivity contribution < 1.29 is 5.11 Å². The topological polar surface area (TPSA) is 38.0 Å². The minimum atomic E-state index is 0.203. The van der Waals surface area contributed by atoms with E-state index in [2.05, 4.69) is 5.10 Å². The van der Waals surface area contributed by atoms with Gasteiger partial charge in [-0.2, -0.15) is 5.10 Å². The fourth-order valence-electron chi connectivity index (χ4n) is 2.07. The Balaban J connectivity index is 2.29. The molecule has 0 fully saturated rings. The van der Waals surface area contributed by atoms with Crippen molar-refractivity contribution in [1.29, 1.82) is 0 Å². The third kappa shape index (κ3) is 2.05. The molecule has 0 bridgehead atoms. The van der Waals surface area contributed by atoms with Gasteiger partial charge in [-0.1, -0.05) is 23.2 Å². The fourth-order valence-corrected chi connectivity index (χ4v) is 2.36. The summed E-state index contributed by atoms with van der Waals surface area (Å²) in [4.78, 5) is 0. The lowest BCUT2D eigenvalue weighted by molar-refractivity contribution is 0.476. The third-order valence-corrected chi connectivity index (χ3v) is 3.74. The molecule has 0 atom stereocenters. The molecule has 0 radical (unpaired) electrons. The number of aromatic hydroxyl groups is 1. The van der Waals surface area contributed by atoms with E-state index in [0.717, 1.165) is 22.3 Å². The molecule has 0 aliphatic carbocycles. The van der Waals surface area contributed by atoms with E-state index in [1.807, 2.05) is 19.1 Å². The molecular weight excluding hydrogens is 283 g/mol. The lowest BCUT2D eigenvalue weighted by Gasteiger charge is -2.05. The van der Waals surface area contributed by atoms with E-state index in [-0.39, 0.29) is 5.75 Å². The quantitative estimate of drug-likeness (QED) is 0.724. The fraction of sp³-hybridized carbons (Fsp3) is 0.0714. The highest BCUT2D eigenvalue weighted by Gasteiger charge is 2.10. The SMILES string of the molecule is Cc1nn(-c2ccc(Cl)c(Cl)c2)c2cc(O)ccc12. The molecule has 0 amide bonds. The summed E-state index contributed by atoms with van der Waals surface area (Å²) in [6.07, 6.45) is 0. The second-order valence-electron chi connectivity index (χ2n) is 4.30. The van der Waals surface area contributed by atoms with E-state index in [9.17, 15) is 5.11 Å². The first kappa shape index (κ1) is 12.3. The Morgan fingerprint density at radius 1 is 1.05 bits per heavy atom. The van der Waals surface area contributed by atoms with Gasteiger partial charge in [0.1, 0.15) is 5.75 Å². The van der Waals surface area contributed by atoms with Gasteiger partial charge in [0.2, 0.25) is 0 Å². The Kier molecular flexibility index (Phi) is 2.88. The molecule has 1 N–H and O–H groups in total. The first-order chi connectivity index (χ1) is 9.06. The molecule has 0 saturated heterocycles. The van der Waals surface area contributed by atoms with Crippen LogP contribution in [0.4, 0.5) is 0 Å². The number of phenols is 1. The Hall–Kier alpha value is -1.71. The van der Waals surface area contributed by atoms with Crippen LogP contribution in [0.25, 0.3) is 16.6 Å². The van der Waals surface area contributed by atoms with Gasteiger partial charge >= 0.3 is 0 Å². The molecule has 5 heteroatoms. The van der Waals surface area contributed by atoms with Crippen LogP contribution < -0.4 is 0 Å². The number of halogens is 2. The van der Waals surface area contributed by atoms with E-state index in [0.29, 0.717) is 10.0 Å². The van der Waals surface area contributed by atoms with Crippen LogP contribution in [0.3, 0.4) is 0 Å². The molecule has 3 nitrogen and oxygen atoms in total. The summed E-state index contributed by atoms with van der Waals surface area (Å²) in [5, 5.41) is 16.1. The first-order valence-corrected chi connectivity index (χ1v) is 6.45. The van der Waals surface area contributed by atoms with Crippen molar-refractivity contribution in [1.82, 2.24) is 9.78 Å². The Bertz CT molecular complexity index is 780. The van der Waals surface area contributed by atoms with Crippen molar-refractivity contribution in [3.63, 3.8) is 0 Å². The average molecular weight is 293 g/mol. The maximum Gasteiger partial charge on any atom is 0.117 e. The minimum absolute atomic E-state index is 0.203. The van der Waals surface area contributed by atoms with Crippen LogP contribution >= 0.6 is 23.2 Å². The number of nitrogens with zero attached hydrogens (tertiary/aromatic N) is 2. The number of aromatic nitrogens is 2. The summed E-state index contributed by atoms with van der Waals surface area (Å²) in [6.45, 7) is 1.92. The van der Waals surface area contributed by atoms with E-state index in [1.165, 1.54) is 0 Å². The number of rotatable bonds is 1. The van der Waals surface area contributed by atoms with E-state index in [4.69, 9.17) is 23.2 Å². The zero-order valence-electron chi connectivity index (χ0n) is 10.1. The molecule has 1 heterocycles. The summed E-state index contributed by atoms with van der Waals surface area (Å²) in [5.41, 5.74) is 2.52. The largest absolute Gasteiger partial charge is 0.508 e. The Morgan fingerprint density at radius 3 is 2.58 bits per heavy atom. The summed E-state index contributed by atoms with van der Waals surface area (Å²) in [6, 6.07) is 10.5. The number of hydrogen-bond donors (Lipinski definition) is 1. The summed E-state index contributed by atoms with van der Waals surface area (Å²) in [7, 11) is 0. The molecule has 3 aromatic rings. The molecule has 0 aliphatic rings. The number of phenolic OH excluding ortho intramolecular Hbond substituents is 1. The van der Waals surface area contributed by atoms with Gasteiger partial charge in [-0.25, -0.2) is 4.68 Å². The number of aryl methyl sites for hydroxylation is 1. The number of hydrogen-bond acceptors (Lipinski definition) is 2. The van der Waals surface area contributed by atoms with Crippen LogP contribution in [0.15, 0.2) is 36.4 Å². The molecule has 2 aromatic carbocycles. The van der Waals surface area contributed by atoms with Crippen molar-refractivity contribution >= 4 is 34.1 Å². The summed E-state index contributed by atoms with van der Waals surface area (Å²) < 4.78 is 1.74. The smallest absolute Gasteiger partial charge is 0.117 e. The lowest BCUT2D eigenvalue weighted by atomic mass is 10.2. The first-order valence-electron chi connectivity index (χ1n) is 5.70. The molecule has 0 unspecified atom stereocenters. The highest BCUT2D eigenvalue weighted by molar-refractivity contribution is 6.42. The van der Waals surface area contributed by atoms with Crippen molar-refractivity contribution in [3.8, 4) is 11.4 Å². The maximum atomic E-state index is 9.62. The van der Waals surface area contributed by atoms with Crippen molar-refractivity contribution in [2.45, 2.75) is 6.92 Å². The van der Waals surface area contributed by atoms with Gasteiger partial charge in [-0.3, -0.25) is 0 Å². The molecular formula is C14H10Cl2N2O. The number of fused-ring (bicyclic) bond motifs is 1. The van der Waals surface area contributed by atoms with Crippen molar-refractivity contribution in [3.05, 3.63) is 52.1 Å². The van der Waals surface area contributed by atoms with Gasteiger partial charge in [0, 0.05) is 11.5 Å².